The van der Waals surface area contributed by atoms with Crippen molar-refractivity contribution < 1.29 is 13.3 Å². The molecule has 5 heteroatoms. The molecule has 0 amide bonds. The molecule has 0 saturated carbocycles. The van der Waals surface area contributed by atoms with Crippen LogP contribution in [0.3, 0.4) is 0 Å². The Balaban J connectivity index is 2.41. The molecular weight excluding hydrogens is 315 g/mol. The summed E-state index contributed by atoms with van der Waals surface area (Å²) in [5.41, 5.74) is 0. The zero-order valence-electron chi connectivity index (χ0n) is 13.4. The zero-order chi connectivity index (χ0) is 16.2. The topological polar surface area (TPSA) is 35.5 Å². The minimum Gasteiger partial charge on any atom is -0.369 e. The van der Waals surface area contributed by atoms with Crippen LogP contribution in [-0.2, 0) is 24.4 Å². The fraction of sp³-hybridized carbons (Fsp3) is 0.294. The number of benzene rings is 2. The lowest BCUT2D eigenvalue weighted by Gasteiger charge is -2.27. The monoisotopic (exact) mass is 337 g/mol. The Bertz CT molecular complexity index is 604. The first-order chi connectivity index (χ1) is 10.4. The number of hydrogen-bond donors (Lipinski definition) is 0. The van der Waals surface area contributed by atoms with Gasteiger partial charge in [0.2, 0.25) is 11.2 Å². The van der Waals surface area contributed by atoms with Crippen LogP contribution in [0.1, 0.15) is 13.8 Å². The molecule has 2 aromatic rings. The molecule has 0 bridgehead atoms. The molecule has 3 nitrogen and oxygen atoms in total. The van der Waals surface area contributed by atoms with Crippen LogP contribution >= 0.6 is 7.37 Å². The van der Waals surface area contributed by atoms with Gasteiger partial charge in [0.15, 0.2) is 9.79 Å². The van der Waals surface area contributed by atoms with E-state index in [1.807, 2.05) is 60.7 Å². The van der Waals surface area contributed by atoms with Crippen LogP contribution in [0.4, 0.5) is 0 Å². The molecular formula is C17H22O3PS+. The predicted octanol–water partition coefficient (Wildman–Crippen LogP) is 4.94. The van der Waals surface area contributed by atoms with Gasteiger partial charge >= 0.3 is 0 Å². The first-order valence-electron chi connectivity index (χ1n) is 7.04. The van der Waals surface area contributed by atoms with E-state index in [0.717, 1.165) is 9.79 Å². The molecule has 1 unspecified atom stereocenters. The second-order valence-corrected chi connectivity index (χ2v) is 10.3. The highest BCUT2D eigenvalue weighted by Gasteiger charge is 2.46. The minimum atomic E-state index is -2.99. The summed E-state index contributed by atoms with van der Waals surface area (Å²) in [5, 5.41) is -0.832. The Morgan fingerprint density at radius 2 is 1.32 bits per heavy atom. The van der Waals surface area contributed by atoms with Crippen molar-refractivity contribution >= 4 is 18.5 Å². The summed E-state index contributed by atoms with van der Waals surface area (Å²) in [7, 11) is -1.43. The van der Waals surface area contributed by atoms with E-state index in [0.29, 0.717) is 0 Å². The largest absolute Gasteiger partial charge is 0.369 e. The third-order valence-electron chi connectivity index (χ3n) is 3.61. The molecule has 0 N–H and O–H groups in total. The number of hydrogen-bond acceptors (Lipinski definition) is 3. The Morgan fingerprint density at radius 3 is 1.68 bits per heavy atom. The summed E-state index contributed by atoms with van der Waals surface area (Å²) in [6.07, 6.45) is 0. The molecule has 0 radical (unpaired) electrons. The minimum absolute atomic E-state index is 0.712. The van der Waals surface area contributed by atoms with Crippen molar-refractivity contribution in [2.24, 2.45) is 0 Å². The van der Waals surface area contributed by atoms with Crippen molar-refractivity contribution in [2.75, 3.05) is 13.8 Å². The fourth-order valence-corrected chi connectivity index (χ4v) is 5.66. The van der Waals surface area contributed by atoms with Crippen molar-refractivity contribution in [1.82, 2.24) is 0 Å². The van der Waals surface area contributed by atoms with Gasteiger partial charge in [-0.1, -0.05) is 36.4 Å². The van der Waals surface area contributed by atoms with Crippen molar-refractivity contribution in [3.8, 4) is 0 Å². The molecule has 0 aliphatic rings. The van der Waals surface area contributed by atoms with Crippen LogP contribution < -0.4 is 0 Å². The third kappa shape index (κ3) is 3.82. The van der Waals surface area contributed by atoms with E-state index in [9.17, 15) is 4.57 Å². The quantitative estimate of drug-likeness (QED) is 0.553. The van der Waals surface area contributed by atoms with E-state index >= 15 is 0 Å². The average molecular weight is 337 g/mol. The van der Waals surface area contributed by atoms with E-state index in [1.54, 1.807) is 27.6 Å². The van der Waals surface area contributed by atoms with Gasteiger partial charge in [-0.15, -0.1) is 3.97 Å². The molecule has 2 rings (SSSR count). The molecule has 0 fully saturated rings. The van der Waals surface area contributed by atoms with Gasteiger partial charge in [0.05, 0.1) is 0 Å². The fourth-order valence-electron chi connectivity index (χ4n) is 1.71. The lowest BCUT2D eigenvalue weighted by Crippen LogP contribution is -2.25. The molecule has 2 aromatic carbocycles. The van der Waals surface area contributed by atoms with E-state index in [2.05, 4.69) is 0 Å². The Morgan fingerprint density at radius 1 is 0.909 bits per heavy atom. The summed E-state index contributed by atoms with van der Waals surface area (Å²) in [4.78, 5) is 2.00. The third-order valence-corrected chi connectivity index (χ3v) is 8.88. The molecule has 1 atom stereocenters. The number of ether oxygens (including phenoxy) is 1. The molecule has 0 heterocycles. The van der Waals surface area contributed by atoms with Gasteiger partial charge in [-0.25, -0.2) is 0 Å². The van der Waals surface area contributed by atoms with E-state index < -0.39 is 23.9 Å². The van der Waals surface area contributed by atoms with E-state index in [1.165, 1.54) is 0 Å². The standard InChI is InChI=1S/C17H22O3PS/c1-17(2,19-3)21(4,18)20-22(15-11-7-5-8-12-15)16-13-9-6-10-14-16/h5-14H,1-4H3/q+1. The van der Waals surface area contributed by atoms with Crippen LogP contribution in [0.2, 0.25) is 0 Å². The SMILES string of the molecule is COC(C)(C)P(C)(=O)O[S+](c1ccccc1)c1ccccc1. The van der Waals surface area contributed by atoms with Gasteiger partial charge in [-0.2, -0.15) is 0 Å². The highest BCUT2D eigenvalue weighted by atomic mass is 32.2. The van der Waals surface area contributed by atoms with E-state index in [4.69, 9.17) is 8.71 Å². The molecule has 0 spiro atoms. The summed E-state index contributed by atoms with van der Waals surface area (Å²) >= 11 is -0.712. The van der Waals surface area contributed by atoms with Crippen molar-refractivity contribution in [3.05, 3.63) is 60.7 Å². The van der Waals surface area contributed by atoms with Crippen LogP contribution in [0.25, 0.3) is 0 Å². The first-order valence-corrected chi connectivity index (χ1v) is 10.3. The molecule has 0 aliphatic heterocycles. The number of methoxy groups -OCH3 is 1. The smallest absolute Gasteiger partial charge is 0.285 e. The Hall–Kier alpha value is -1.06. The predicted molar refractivity (Wildman–Crippen MR) is 92.5 cm³/mol. The maximum Gasteiger partial charge on any atom is 0.285 e. The maximum absolute atomic E-state index is 13.1. The summed E-state index contributed by atoms with van der Waals surface area (Å²) in [6, 6.07) is 19.7. The van der Waals surface area contributed by atoms with Gasteiger partial charge in [0.1, 0.15) is 5.34 Å². The first kappa shape index (κ1) is 17.3. The Labute approximate surface area is 135 Å². The second kappa shape index (κ2) is 7.01. The van der Waals surface area contributed by atoms with Gasteiger partial charge in [-0.3, -0.25) is 4.57 Å². The maximum atomic E-state index is 13.1. The summed E-state index contributed by atoms with van der Waals surface area (Å²) < 4.78 is 24.6. The lowest BCUT2D eigenvalue weighted by atomic mass is 10.4. The van der Waals surface area contributed by atoms with Crippen LogP contribution in [0, 0.1) is 0 Å². The van der Waals surface area contributed by atoms with Crippen LogP contribution in [0.5, 0.6) is 0 Å². The van der Waals surface area contributed by atoms with Gasteiger partial charge in [0.25, 0.3) is 7.37 Å². The highest BCUT2D eigenvalue weighted by molar-refractivity contribution is 7.96. The summed E-state index contributed by atoms with van der Waals surface area (Å²) in [6.45, 7) is 5.24. The van der Waals surface area contributed by atoms with Gasteiger partial charge in [0, 0.05) is 13.8 Å². The van der Waals surface area contributed by atoms with Crippen molar-refractivity contribution in [3.63, 3.8) is 0 Å². The normalized spacial score (nSPS) is 14.8. The molecule has 22 heavy (non-hydrogen) atoms. The number of rotatable bonds is 6. The van der Waals surface area contributed by atoms with Crippen LogP contribution in [-0.4, -0.2) is 19.1 Å². The van der Waals surface area contributed by atoms with Gasteiger partial charge in [-0.05, 0) is 38.1 Å². The molecule has 0 aromatic heterocycles. The molecule has 0 aliphatic carbocycles. The van der Waals surface area contributed by atoms with E-state index in [-0.39, 0.29) is 0 Å². The highest BCUT2D eigenvalue weighted by Crippen LogP contribution is 2.58. The van der Waals surface area contributed by atoms with Gasteiger partial charge < -0.3 is 4.74 Å². The lowest BCUT2D eigenvalue weighted by molar-refractivity contribution is 0.0844. The molecule has 0 saturated heterocycles. The average Bonchev–Trinajstić information content (AvgIpc) is 2.54. The second-order valence-electron chi connectivity index (χ2n) is 5.47. The van der Waals surface area contributed by atoms with Crippen molar-refractivity contribution in [2.45, 2.75) is 29.0 Å². The van der Waals surface area contributed by atoms with Crippen molar-refractivity contribution in [1.29, 1.82) is 0 Å². The zero-order valence-corrected chi connectivity index (χ0v) is 15.1. The Kier molecular flexibility index (Phi) is 5.51. The van der Waals surface area contributed by atoms with Crippen LogP contribution in [0.15, 0.2) is 70.5 Å². The molecule has 118 valence electrons. The summed E-state index contributed by atoms with van der Waals surface area (Å²) in [5.74, 6) is 0.